The molecule has 1 saturated heterocycles. The molecule has 166 valence electrons. The number of hydrogen-bond acceptors (Lipinski definition) is 3. The molecule has 3 nitrogen and oxygen atoms in total. The third-order valence-electron chi connectivity index (χ3n) is 6.64. The Morgan fingerprint density at radius 1 is 0.485 bits per heavy atom. The van der Waals surface area contributed by atoms with Crippen LogP contribution in [0.25, 0.3) is 33.4 Å². The summed E-state index contributed by atoms with van der Waals surface area (Å²) in [4.78, 5) is 12.9. The Labute approximate surface area is 196 Å². The highest BCUT2D eigenvalue weighted by Gasteiger charge is 2.51. The van der Waals surface area contributed by atoms with Crippen molar-refractivity contribution >= 4 is 5.69 Å². The molecule has 0 saturated carbocycles. The van der Waals surface area contributed by atoms with Crippen LogP contribution in [0, 0.1) is 0 Å². The zero-order valence-electron chi connectivity index (χ0n) is 19.6. The highest BCUT2D eigenvalue weighted by Crippen LogP contribution is 2.48. The second-order valence-corrected chi connectivity index (χ2v) is 9.48. The molecule has 0 bridgehead atoms. The van der Waals surface area contributed by atoms with Crippen LogP contribution in [-0.2, 0) is 9.68 Å². The molecule has 0 N–H and O–H groups in total. The molecule has 0 spiro atoms. The molecule has 1 aliphatic rings. The third kappa shape index (κ3) is 3.95. The summed E-state index contributed by atoms with van der Waals surface area (Å²) in [7, 11) is 0. The van der Waals surface area contributed by atoms with Gasteiger partial charge in [-0.25, -0.2) is 9.68 Å². The van der Waals surface area contributed by atoms with Crippen LogP contribution in [-0.4, -0.2) is 11.2 Å². The maximum absolute atomic E-state index is 6.43. The summed E-state index contributed by atoms with van der Waals surface area (Å²) in [5.41, 5.74) is 6.57. The van der Waals surface area contributed by atoms with E-state index in [4.69, 9.17) is 9.68 Å². The third-order valence-corrected chi connectivity index (χ3v) is 6.64. The van der Waals surface area contributed by atoms with Gasteiger partial charge in [0, 0.05) is 11.1 Å². The Bertz CT molecular complexity index is 1170. The quantitative estimate of drug-likeness (QED) is 0.325. The Balaban J connectivity index is 1.81. The largest absolute Gasteiger partial charge is 0.239 e. The SMILES string of the molecule is CC1(C)ON(c2c(-c3ccccc3)cc(-c3ccccc3)cc2-c2ccccc2)OC1(C)C. The monoisotopic (exact) mass is 435 g/mol. The van der Waals surface area contributed by atoms with Gasteiger partial charge in [0.05, 0.1) is 0 Å². The van der Waals surface area contributed by atoms with Crippen molar-refractivity contribution in [2.45, 2.75) is 38.9 Å². The van der Waals surface area contributed by atoms with Crippen LogP contribution in [0.15, 0.2) is 103 Å². The standard InChI is InChI=1S/C30H29NO2/c1-29(2)30(3,4)33-31(32-29)28-26(23-16-10-6-11-17-23)20-25(22-14-8-5-9-15-22)21-27(28)24-18-12-7-13-19-24/h5-21H,1-4H3. The van der Waals surface area contributed by atoms with Gasteiger partial charge in [-0.3, -0.25) is 0 Å². The number of anilines is 1. The lowest BCUT2D eigenvalue weighted by Crippen LogP contribution is -2.41. The van der Waals surface area contributed by atoms with Gasteiger partial charge in [0.25, 0.3) is 0 Å². The van der Waals surface area contributed by atoms with Crippen LogP contribution in [0.5, 0.6) is 0 Å². The van der Waals surface area contributed by atoms with Crippen molar-refractivity contribution in [1.82, 2.24) is 0 Å². The van der Waals surface area contributed by atoms with E-state index in [0.717, 1.165) is 33.5 Å². The summed E-state index contributed by atoms with van der Waals surface area (Å²) in [6.07, 6.45) is 0. The van der Waals surface area contributed by atoms with Crippen molar-refractivity contribution in [2.24, 2.45) is 0 Å². The van der Waals surface area contributed by atoms with E-state index in [1.165, 1.54) is 5.56 Å². The van der Waals surface area contributed by atoms with E-state index in [2.05, 4.69) is 113 Å². The minimum Gasteiger partial charge on any atom is -0.239 e. The van der Waals surface area contributed by atoms with Gasteiger partial charge in [0.2, 0.25) is 0 Å². The summed E-state index contributed by atoms with van der Waals surface area (Å²) >= 11 is 0. The average Bonchev–Trinajstić information content (AvgIpc) is 3.06. The average molecular weight is 436 g/mol. The molecule has 1 fully saturated rings. The molecular weight excluding hydrogens is 406 g/mol. The first kappa shape index (κ1) is 21.4. The Morgan fingerprint density at radius 3 is 1.24 bits per heavy atom. The van der Waals surface area contributed by atoms with Crippen molar-refractivity contribution < 1.29 is 9.68 Å². The van der Waals surface area contributed by atoms with Gasteiger partial charge in [-0.1, -0.05) is 91.0 Å². The normalized spacial score (nSPS) is 16.7. The molecular formula is C30H29NO2. The van der Waals surface area contributed by atoms with E-state index in [1.54, 1.807) is 5.23 Å². The van der Waals surface area contributed by atoms with Crippen LogP contribution in [0.3, 0.4) is 0 Å². The van der Waals surface area contributed by atoms with Crippen LogP contribution < -0.4 is 5.23 Å². The molecule has 0 atom stereocenters. The second kappa shape index (κ2) is 8.18. The van der Waals surface area contributed by atoms with E-state index < -0.39 is 11.2 Å². The maximum atomic E-state index is 6.43. The molecule has 4 aromatic rings. The first-order chi connectivity index (χ1) is 15.9. The first-order valence-corrected chi connectivity index (χ1v) is 11.4. The molecule has 33 heavy (non-hydrogen) atoms. The number of benzene rings is 4. The Kier molecular flexibility index (Phi) is 5.32. The maximum Gasteiger partial charge on any atom is 0.124 e. The van der Waals surface area contributed by atoms with Gasteiger partial charge in [0.15, 0.2) is 0 Å². The first-order valence-electron chi connectivity index (χ1n) is 11.4. The van der Waals surface area contributed by atoms with Crippen molar-refractivity contribution in [3.05, 3.63) is 103 Å². The smallest absolute Gasteiger partial charge is 0.124 e. The fourth-order valence-corrected chi connectivity index (χ4v) is 4.05. The molecule has 3 heteroatoms. The van der Waals surface area contributed by atoms with E-state index in [9.17, 15) is 0 Å². The molecule has 1 aliphatic heterocycles. The predicted molar refractivity (Wildman–Crippen MR) is 136 cm³/mol. The Hall–Kier alpha value is -3.40. The second-order valence-electron chi connectivity index (χ2n) is 9.48. The van der Waals surface area contributed by atoms with Gasteiger partial charge >= 0.3 is 0 Å². The highest BCUT2D eigenvalue weighted by molar-refractivity contribution is 5.94. The summed E-state index contributed by atoms with van der Waals surface area (Å²) < 4.78 is 0. The minimum absolute atomic E-state index is 0.493. The molecule has 5 rings (SSSR count). The van der Waals surface area contributed by atoms with Crippen molar-refractivity contribution in [3.63, 3.8) is 0 Å². The van der Waals surface area contributed by atoms with Gasteiger partial charge in [-0.05, 0) is 62.1 Å². The van der Waals surface area contributed by atoms with Crippen LogP contribution >= 0.6 is 0 Å². The van der Waals surface area contributed by atoms with Gasteiger partial charge in [-0.2, -0.15) is 0 Å². The van der Waals surface area contributed by atoms with E-state index in [1.807, 2.05) is 18.2 Å². The van der Waals surface area contributed by atoms with E-state index in [-0.39, 0.29) is 0 Å². The summed E-state index contributed by atoms with van der Waals surface area (Å²) in [5.74, 6) is 0. The van der Waals surface area contributed by atoms with Gasteiger partial charge < -0.3 is 0 Å². The highest BCUT2D eigenvalue weighted by atomic mass is 17.0. The zero-order valence-corrected chi connectivity index (χ0v) is 19.6. The molecule has 0 aromatic heterocycles. The molecule has 4 aromatic carbocycles. The number of nitrogens with zero attached hydrogens (tertiary/aromatic N) is 1. The van der Waals surface area contributed by atoms with Crippen LogP contribution in [0.4, 0.5) is 5.69 Å². The minimum atomic E-state index is -0.493. The summed E-state index contributed by atoms with van der Waals surface area (Å²) in [5, 5.41) is 1.64. The van der Waals surface area contributed by atoms with Crippen molar-refractivity contribution in [1.29, 1.82) is 0 Å². The lowest BCUT2D eigenvalue weighted by atomic mass is 9.90. The fraction of sp³-hybridized carbons (Fsp3) is 0.200. The van der Waals surface area contributed by atoms with E-state index in [0.29, 0.717) is 0 Å². The lowest BCUT2D eigenvalue weighted by molar-refractivity contribution is -0.0267. The molecule has 0 aliphatic carbocycles. The van der Waals surface area contributed by atoms with Gasteiger partial charge in [-0.15, -0.1) is 5.23 Å². The number of rotatable bonds is 4. The summed E-state index contributed by atoms with van der Waals surface area (Å²) in [6, 6.07) is 35.8. The number of hydrogen-bond donors (Lipinski definition) is 0. The zero-order chi connectivity index (χ0) is 23.1. The predicted octanol–water partition coefficient (Wildman–Crippen LogP) is 7.93. The van der Waals surface area contributed by atoms with Gasteiger partial charge in [0.1, 0.15) is 16.9 Å². The topological polar surface area (TPSA) is 21.7 Å². The summed E-state index contributed by atoms with van der Waals surface area (Å²) in [6.45, 7) is 8.26. The molecule has 0 radical (unpaired) electrons. The molecule has 0 amide bonds. The van der Waals surface area contributed by atoms with Crippen LogP contribution in [0.1, 0.15) is 27.7 Å². The Morgan fingerprint density at radius 2 is 0.848 bits per heavy atom. The van der Waals surface area contributed by atoms with Crippen molar-refractivity contribution in [2.75, 3.05) is 5.23 Å². The van der Waals surface area contributed by atoms with E-state index >= 15 is 0 Å². The lowest BCUT2D eigenvalue weighted by Gasteiger charge is -2.26. The fourth-order valence-electron chi connectivity index (χ4n) is 4.05. The molecule has 0 unspecified atom stereocenters. The molecule has 1 heterocycles. The van der Waals surface area contributed by atoms with Crippen LogP contribution in [0.2, 0.25) is 0 Å². The van der Waals surface area contributed by atoms with Crippen molar-refractivity contribution in [3.8, 4) is 33.4 Å².